The van der Waals surface area contributed by atoms with Crippen LogP contribution in [0.1, 0.15) is 32.1 Å². The lowest BCUT2D eigenvalue weighted by atomic mass is 9.96. The minimum Gasteiger partial charge on any atom is -0.325 e. The summed E-state index contributed by atoms with van der Waals surface area (Å²) in [7, 11) is -0.765. The van der Waals surface area contributed by atoms with Gasteiger partial charge in [0.05, 0.1) is 11.2 Å². The smallest absolute Gasteiger partial charge is 0.325 e. The number of nitrogens with zero attached hydrogens (tertiary/aromatic N) is 4. The van der Waals surface area contributed by atoms with Gasteiger partial charge in [-0.3, -0.25) is 18.7 Å². The van der Waals surface area contributed by atoms with E-state index in [0.29, 0.717) is 5.69 Å². The summed E-state index contributed by atoms with van der Waals surface area (Å²) in [5, 5.41) is 2.68. The number of rotatable bonds is 6. The highest BCUT2D eigenvalue weighted by Crippen LogP contribution is 2.21. The third-order valence-corrected chi connectivity index (χ3v) is 7.44. The molecule has 0 saturated heterocycles. The number of imidazole rings is 1. The second kappa shape index (κ2) is 8.94. The molecule has 0 radical (unpaired) electrons. The maximum absolute atomic E-state index is 12.6. The summed E-state index contributed by atoms with van der Waals surface area (Å²) in [5.74, 6) is -0.429. The van der Waals surface area contributed by atoms with Crippen LogP contribution < -0.4 is 21.3 Å². The molecule has 12 heteroatoms. The van der Waals surface area contributed by atoms with Gasteiger partial charge in [0.1, 0.15) is 6.54 Å². The molecule has 0 unspecified atom stereocenters. The van der Waals surface area contributed by atoms with Gasteiger partial charge in [-0.2, -0.15) is 0 Å². The number of nitrogens with one attached hydrogen (secondary N) is 2. The molecule has 0 spiro atoms. The lowest BCUT2D eigenvalue weighted by Gasteiger charge is -2.22. The Morgan fingerprint density at radius 1 is 1.06 bits per heavy atom. The van der Waals surface area contributed by atoms with E-state index < -0.39 is 27.2 Å². The van der Waals surface area contributed by atoms with Crippen molar-refractivity contribution in [3.05, 3.63) is 51.4 Å². The zero-order valence-corrected chi connectivity index (χ0v) is 19.3. The Balaban J connectivity index is 1.46. The molecular formula is C21H26N6O5S. The summed E-state index contributed by atoms with van der Waals surface area (Å²) in [6.07, 6.45) is 6.19. The number of sulfonamides is 1. The number of hydrogen-bond donors (Lipinski definition) is 2. The van der Waals surface area contributed by atoms with Crippen LogP contribution in [0.15, 0.2) is 45.1 Å². The molecule has 1 fully saturated rings. The second-order valence-corrected chi connectivity index (χ2v) is 9.99. The van der Waals surface area contributed by atoms with Crippen LogP contribution in [0.25, 0.3) is 11.2 Å². The number of carbonyl (C=O) groups is 1. The largest absolute Gasteiger partial charge is 0.332 e. The van der Waals surface area contributed by atoms with Crippen LogP contribution in [0.4, 0.5) is 5.69 Å². The molecule has 0 atom stereocenters. The van der Waals surface area contributed by atoms with E-state index in [1.807, 2.05) is 0 Å². The normalized spacial score (nSPS) is 15.1. The molecule has 1 amide bonds. The van der Waals surface area contributed by atoms with Gasteiger partial charge < -0.3 is 9.88 Å². The lowest BCUT2D eigenvalue weighted by Crippen LogP contribution is -2.37. The van der Waals surface area contributed by atoms with Gasteiger partial charge >= 0.3 is 5.69 Å². The van der Waals surface area contributed by atoms with Crippen LogP contribution in [0, 0.1) is 0 Å². The van der Waals surface area contributed by atoms with Gasteiger partial charge in [-0.25, -0.2) is 22.9 Å². The van der Waals surface area contributed by atoms with Crippen molar-refractivity contribution in [1.82, 2.24) is 23.4 Å². The van der Waals surface area contributed by atoms with Gasteiger partial charge in [-0.15, -0.1) is 0 Å². The monoisotopic (exact) mass is 474 g/mol. The first-order valence-electron chi connectivity index (χ1n) is 10.7. The molecule has 2 N–H and O–H groups in total. The first kappa shape index (κ1) is 22.9. The number of aryl methyl sites for hydroxylation is 1. The topological polar surface area (TPSA) is 137 Å². The van der Waals surface area contributed by atoms with E-state index in [-0.39, 0.29) is 28.6 Å². The fourth-order valence-corrected chi connectivity index (χ4v) is 5.40. The standard InChI is InChI=1S/C21H26N6O5S/c1-25-19-18(20(29)26(2)21(25)30)27(13-22-19)12-17(28)23-14-8-10-16(11-9-14)33(31,32)24-15-6-4-3-5-7-15/h8-11,13,15,24H,3-7,12H2,1-2H3,(H,23,28). The Morgan fingerprint density at radius 3 is 2.39 bits per heavy atom. The van der Waals surface area contributed by atoms with Crippen LogP contribution in [0.2, 0.25) is 0 Å². The van der Waals surface area contributed by atoms with E-state index >= 15 is 0 Å². The maximum Gasteiger partial charge on any atom is 0.332 e. The Morgan fingerprint density at radius 2 is 1.73 bits per heavy atom. The third kappa shape index (κ3) is 4.62. The Hall–Kier alpha value is -3.25. The zero-order chi connectivity index (χ0) is 23.8. The molecule has 176 valence electrons. The summed E-state index contributed by atoms with van der Waals surface area (Å²) in [6, 6.07) is 5.88. The molecule has 11 nitrogen and oxygen atoms in total. The van der Waals surface area contributed by atoms with E-state index in [0.717, 1.165) is 36.7 Å². The molecule has 1 aliphatic rings. The fraction of sp³-hybridized carbons (Fsp3) is 0.429. The maximum atomic E-state index is 12.6. The first-order chi connectivity index (χ1) is 15.7. The number of amides is 1. The van der Waals surface area contributed by atoms with Gasteiger partial charge in [0.2, 0.25) is 15.9 Å². The summed E-state index contributed by atoms with van der Waals surface area (Å²) >= 11 is 0. The third-order valence-electron chi connectivity index (χ3n) is 5.91. The highest BCUT2D eigenvalue weighted by Gasteiger charge is 2.22. The fourth-order valence-electron chi connectivity index (χ4n) is 4.10. The summed E-state index contributed by atoms with van der Waals surface area (Å²) < 4.78 is 31.6. The average molecular weight is 475 g/mol. The van der Waals surface area contributed by atoms with Crippen molar-refractivity contribution in [1.29, 1.82) is 0 Å². The first-order valence-corrected chi connectivity index (χ1v) is 12.2. The number of fused-ring (bicyclic) bond motifs is 1. The van der Waals surface area contributed by atoms with Crippen molar-refractivity contribution in [3.63, 3.8) is 0 Å². The predicted octanol–water partition coefficient (Wildman–Crippen LogP) is 0.683. The molecule has 2 aromatic heterocycles. The Labute approximate surface area is 190 Å². The molecule has 0 bridgehead atoms. The molecule has 4 rings (SSSR count). The van der Waals surface area contributed by atoms with Crippen LogP contribution in [-0.2, 0) is 35.5 Å². The van der Waals surface area contributed by atoms with Gasteiger partial charge in [0, 0.05) is 25.8 Å². The quantitative estimate of drug-likeness (QED) is 0.539. The molecule has 1 aromatic carbocycles. The molecule has 1 aliphatic carbocycles. The molecule has 1 saturated carbocycles. The molecule has 0 aliphatic heterocycles. The van der Waals surface area contributed by atoms with Crippen molar-refractivity contribution < 1.29 is 13.2 Å². The van der Waals surface area contributed by atoms with Crippen LogP contribution >= 0.6 is 0 Å². The van der Waals surface area contributed by atoms with Gasteiger partial charge in [0.25, 0.3) is 5.56 Å². The molecule has 33 heavy (non-hydrogen) atoms. The summed E-state index contributed by atoms with van der Waals surface area (Å²) in [6.45, 7) is -0.201. The predicted molar refractivity (Wildman–Crippen MR) is 122 cm³/mol. The van der Waals surface area contributed by atoms with Crippen molar-refractivity contribution in [2.75, 3.05) is 5.32 Å². The van der Waals surface area contributed by atoms with Crippen molar-refractivity contribution in [3.8, 4) is 0 Å². The number of anilines is 1. The van der Waals surface area contributed by atoms with Crippen LogP contribution in [0.5, 0.6) is 0 Å². The minimum atomic E-state index is -3.63. The zero-order valence-electron chi connectivity index (χ0n) is 18.4. The average Bonchev–Trinajstić information content (AvgIpc) is 3.20. The van der Waals surface area contributed by atoms with Gasteiger partial charge in [-0.05, 0) is 37.1 Å². The molecule has 3 aromatic rings. The van der Waals surface area contributed by atoms with E-state index in [9.17, 15) is 22.8 Å². The van der Waals surface area contributed by atoms with Gasteiger partial charge in [0.15, 0.2) is 11.2 Å². The highest BCUT2D eigenvalue weighted by molar-refractivity contribution is 7.89. The summed E-state index contributed by atoms with van der Waals surface area (Å²) in [4.78, 5) is 41.3. The Kier molecular flexibility index (Phi) is 6.21. The molecule has 2 heterocycles. The second-order valence-electron chi connectivity index (χ2n) is 8.28. The van der Waals surface area contributed by atoms with Crippen LogP contribution in [0.3, 0.4) is 0 Å². The number of benzene rings is 1. The van der Waals surface area contributed by atoms with E-state index in [4.69, 9.17) is 0 Å². The van der Waals surface area contributed by atoms with E-state index in [2.05, 4.69) is 15.0 Å². The van der Waals surface area contributed by atoms with Crippen molar-refractivity contribution in [2.45, 2.75) is 49.6 Å². The van der Waals surface area contributed by atoms with Gasteiger partial charge in [-0.1, -0.05) is 19.3 Å². The SMILES string of the molecule is Cn1c(=O)c2c(ncn2CC(=O)Nc2ccc(S(=O)(=O)NC3CCCCC3)cc2)n(C)c1=O. The highest BCUT2D eigenvalue weighted by atomic mass is 32.2. The van der Waals surface area contributed by atoms with Crippen molar-refractivity contribution in [2.24, 2.45) is 14.1 Å². The summed E-state index contributed by atoms with van der Waals surface area (Å²) in [5.41, 5.74) is -0.295. The minimum absolute atomic E-state index is 0.0414. The lowest BCUT2D eigenvalue weighted by molar-refractivity contribution is -0.116. The van der Waals surface area contributed by atoms with Crippen molar-refractivity contribution >= 4 is 32.8 Å². The number of aromatic nitrogens is 4. The number of hydrogen-bond acceptors (Lipinski definition) is 6. The molecular weight excluding hydrogens is 448 g/mol. The Bertz CT molecular complexity index is 1410. The van der Waals surface area contributed by atoms with Crippen LogP contribution in [-0.4, -0.2) is 39.1 Å². The van der Waals surface area contributed by atoms with E-state index in [1.54, 1.807) is 0 Å². The van der Waals surface area contributed by atoms with E-state index in [1.165, 1.54) is 53.8 Å². The number of carbonyl (C=O) groups excluding carboxylic acids is 1.